The molecule has 0 atom stereocenters. The summed E-state index contributed by atoms with van der Waals surface area (Å²) in [5, 5.41) is 5.40. The van der Waals surface area contributed by atoms with Crippen LogP contribution in [0.25, 0.3) is 16.6 Å². The van der Waals surface area contributed by atoms with Gasteiger partial charge >= 0.3 is 0 Å². The number of hydrogen-bond donors (Lipinski definition) is 0. The lowest BCUT2D eigenvalue weighted by Gasteiger charge is -2.10. The number of aromatic nitrogens is 3. The van der Waals surface area contributed by atoms with Gasteiger partial charge in [-0.1, -0.05) is 49.1 Å². The van der Waals surface area contributed by atoms with Crippen molar-refractivity contribution in [3.8, 4) is 17.5 Å². The van der Waals surface area contributed by atoms with Gasteiger partial charge in [-0.25, -0.2) is 0 Å². The van der Waals surface area contributed by atoms with Crippen LogP contribution in [-0.2, 0) is 13.5 Å². The number of fused-ring (bicyclic) bond motifs is 1. The van der Waals surface area contributed by atoms with Gasteiger partial charge in [0.25, 0.3) is 0 Å². The zero-order valence-corrected chi connectivity index (χ0v) is 14.4. The normalized spacial score (nSPS) is 10.6. The second kappa shape index (κ2) is 6.33. The minimum Gasteiger partial charge on any atom is -0.312 e. The van der Waals surface area contributed by atoms with Crippen LogP contribution in [0, 0.1) is 11.8 Å². The summed E-state index contributed by atoms with van der Waals surface area (Å²) in [6.45, 7) is 2.19. The maximum Gasteiger partial charge on any atom is 0.0688 e. The maximum atomic E-state index is 4.18. The maximum absolute atomic E-state index is 4.18. The fourth-order valence-corrected chi connectivity index (χ4v) is 3.17. The van der Waals surface area contributed by atoms with E-state index in [1.807, 2.05) is 19.3 Å². The van der Waals surface area contributed by atoms with Gasteiger partial charge in [0.1, 0.15) is 0 Å². The Kier molecular flexibility index (Phi) is 3.87. The molecule has 0 saturated heterocycles. The summed E-state index contributed by atoms with van der Waals surface area (Å²) in [6.07, 6.45) is 4.70. The van der Waals surface area contributed by atoms with Crippen LogP contribution >= 0.6 is 0 Å². The summed E-state index contributed by atoms with van der Waals surface area (Å²) in [5.74, 6) is 6.57. The first-order valence-electron chi connectivity index (χ1n) is 8.45. The summed E-state index contributed by atoms with van der Waals surface area (Å²) in [4.78, 5) is 0. The third-order valence-corrected chi connectivity index (χ3v) is 4.32. The van der Waals surface area contributed by atoms with Crippen molar-refractivity contribution in [3.63, 3.8) is 0 Å². The first-order chi connectivity index (χ1) is 12.3. The number of para-hydroxylation sites is 2. The third-order valence-electron chi connectivity index (χ3n) is 4.32. The molecular formula is C22H19N3. The lowest BCUT2D eigenvalue weighted by molar-refractivity contribution is 0.767. The SMILES string of the molecule is CCc1cc2cccc(C#Cc3cnn(C)c3)c2n1-c1ccccc1. The molecule has 0 amide bonds. The molecule has 4 aromatic rings. The molecule has 0 bridgehead atoms. The summed E-state index contributed by atoms with van der Waals surface area (Å²) in [6, 6.07) is 19.1. The molecule has 0 saturated carbocycles. The van der Waals surface area contributed by atoms with Crippen molar-refractivity contribution in [1.82, 2.24) is 14.3 Å². The van der Waals surface area contributed by atoms with E-state index in [1.165, 1.54) is 22.3 Å². The summed E-state index contributed by atoms with van der Waals surface area (Å²) >= 11 is 0. The van der Waals surface area contributed by atoms with Crippen molar-refractivity contribution in [2.45, 2.75) is 13.3 Å². The van der Waals surface area contributed by atoms with Gasteiger partial charge < -0.3 is 4.57 Å². The number of nitrogens with zero attached hydrogens (tertiary/aromatic N) is 3. The number of benzene rings is 2. The van der Waals surface area contributed by atoms with E-state index in [0.29, 0.717) is 0 Å². The molecule has 0 aliphatic heterocycles. The Labute approximate surface area is 147 Å². The van der Waals surface area contributed by atoms with Gasteiger partial charge in [0, 0.05) is 35.6 Å². The molecule has 3 nitrogen and oxygen atoms in total. The van der Waals surface area contributed by atoms with E-state index >= 15 is 0 Å². The zero-order chi connectivity index (χ0) is 17.2. The highest BCUT2D eigenvalue weighted by atomic mass is 15.2. The van der Waals surface area contributed by atoms with Crippen LogP contribution < -0.4 is 0 Å². The quantitative estimate of drug-likeness (QED) is 0.503. The summed E-state index contributed by atoms with van der Waals surface area (Å²) in [5.41, 5.74) is 5.58. The standard InChI is InChI=1S/C22H19N3/c1-3-20-14-19-9-7-8-18(13-12-17-15-23-24(2)16-17)22(19)25(20)21-10-5-4-6-11-21/h4-11,14-16H,3H2,1-2H3. The average Bonchev–Trinajstić information content (AvgIpc) is 3.24. The number of rotatable bonds is 2. The Morgan fingerprint density at radius 2 is 1.84 bits per heavy atom. The molecule has 0 aliphatic carbocycles. The van der Waals surface area contributed by atoms with Crippen LogP contribution in [-0.4, -0.2) is 14.3 Å². The molecule has 2 heterocycles. The van der Waals surface area contributed by atoms with E-state index in [0.717, 1.165) is 17.5 Å². The van der Waals surface area contributed by atoms with Gasteiger partial charge in [-0.2, -0.15) is 5.10 Å². The fraction of sp³-hybridized carbons (Fsp3) is 0.136. The highest BCUT2D eigenvalue weighted by Crippen LogP contribution is 2.27. The predicted molar refractivity (Wildman–Crippen MR) is 102 cm³/mol. The molecule has 122 valence electrons. The minimum atomic E-state index is 0.924. The highest BCUT2D eigenvalue weighted by Gasteiger charge is 2.12. The molecular weight excluding hydrogens is 306 g/mol. The lowest BCUT2D eigenvalue weighted by atomic mass is 10.1. The van der Waals surface area contributed by atoms with E-state index in [1.54, 1.807) is 10.9 Å². The van der Waals surface area contributed by atoms with Gasteiger partial charge in [0.15, 0.2) is 0 Å². The number of aryl methyl sites for hydroxylation is 2. The predicted octanol–water partition coefficient (Wildman–Crippen LogP) is 4.33. The van der Waals surface area contributed by atoms with Crippen LogP contribution in [0.3, 0.4) is 0 Å². The molecule has 0 spiro atoms. The molecule has 2 aromatic heterocycles. The molecule has 4 rings (SSSR count). The number of hydrogen-bond acceptors (Lipinski definition) is 1. The van der Waals surface area contributed by atoms with Crippen molar-refractivity contribution in [2.75, 3.05) is 0 Å². The van der Waals surface area contributed by atoms with E-state index in [9.17, 15) is 0 Å². The first kappa shape index (κ1) is 15.3. The van der Waals surface area contributed by atoms with Crippen molar-refractivity contribution in [3.05, 3.63) is 83.8 Å². The molecule has 0 fully saturated rings. The minimum absolute atomic E-state index is 0.924. The zero-order valence-electron chi connectivity index (χ0n) is 14.4. The highest BCUT2D eigenvalue weighted by molar-refractivity contribution is 5.88. The van der Waals surface area contributed by atoms with E-state index in [-0.39, 0.29) is 0 Å². The largest absolute Gasteiger partial charge is 0.312 e. The first-order valence-corrected chi connectivity index (χ1v) is 8.45. The second-order valence-corrected chi connectivity index (χ2v) is 6.06. The Morgan fingerprint density at radius 3 is 2.56 bits per heavy atom. The fourth-order valence-electron chi connectivity index (χ4n) is 3.17. The van der Waals surface area contributed by atoms with Crippen LogP contribution in [0.2, 0.25) is 0 Å². The average molecular weight is 325 g/mol. The summed E-state index contributed by atoms with van der Waals surface area (Å²) in [7, 11) is 1.90. The summed E-state index contributed by atoms with van der Waals surface area (Å²) < 4.78 is 4.09. The Bertz CT molecular complexity index is 1090. The molecule has 0 aliphatic rings. The molecule has 0 unspecified atom stereocenters. The van der Waals surface area contributed by atoms with Gasteiger partial charge in [0.05, 0.1) is 17.3 Å². The van der Waals surface area contributed by atoms with Crippen LogP contribution in [0.15, 0.2) is 67.0 Å². The van der Waals surface area contributed by atoms with Crippen LogP contribution in [0.4, 0.5) is 0 Å². The molecule has 25 heavy (non-hydrogen) atoms. The van der Waals surface area contributed by atoms with Crippen molar-refractivity contribution in [2.24, 2.45) is 7.05 Å². The smallest absolute Gasteiger partial charge is 0.0688 e. The molecule has 0 N–H and O–H groups in total. The molecule has 0 radical (unpaired) electrons. The van der Waals surface area contributed by atoms with Gasteiger partial charge in [0.2, 0.25) is 0 Å². The van der Waals surface area contributed by atoms with E-state index < -0.39 is 0 Å². The van der Waals surface area contributed by atoms with Gasteiger partial charge in [-0.05, 0) is 30.7 Å². The molecule has 3 heteroatoms. The van der Waals surface area contributed by atoms with E-state index in [4.69, 9.17) is 0 Å². The topological polar surface area (TPSA) is 22.8 Å². The third kappa shape index (κ3) is 2.83. The van der Waals surface area contributed by atoms with Crippen LogP contribution in [0.5, 0.6) is 0 Å². The Balaban J connectivity index is 1.94. The van der Waals surface area contributed by atoms with Crippen molar-refractivity contribution < 1.29 is 0 Å². The lowest BCUT2D eigenvalue weighted by Crippen LogP contribution is -1.99. The monoisotopic (exact) mass is 325 g/mol. The van der Waals surface area contributed by atoms with Crippen molar-refractivity contribution >= 4 is 10.9 Å². The van der Waals surface area contributed by atoms with Crippen molar-refractivity contribution in [1.29, 1.82) is 0 Å². The van der Waals surface area contributed by atoms with Gasteiger partial charge in [-0.3, -0.25) is 4.68 Å². The second-order valence-electron chi connectivity index (χ2n) is 6.06. The van der Waals surface area contributed by atoms with Gasteiger partial charge in [-0.15, -0.1) is 0 Å². The van der Waals surface area contributed by atoms with E-state index in [2.05, 4.69) is 77.0 Å². The van der Waals surface area contributed by atoms with Crippen LogP contribution in [0.1, 0.15) is 23.7 Å². The Hall–Kier alpha value is -3.25. The molecule has 2 aromatic carbocycles. The Morgan fingerprint density at radius 1 is 1.00 bits per heavy atom.